The highest BCUT2D eigenvalue weighted by Crippen LogP contribution is 2.48. The Labute approximate surface area is 599 Å². The molecule has 6 aliphatic rings. The SMILES string of the molecule is CC(C)c1cc2c3c(c1)Cc1cc(C(C)C)cc4c1OCCOc1c5cc(C(C)(C)C)cc1Cc1cc(C(C)(C)C)cc6c1OCCOc1c(cc(C(C)C)cc1C4)Cc1cc(C(C)C)cc(c1OCCOc1c(cc(C(C)(C)C)cc1C6)Cc1cc(C(C)(C)C)cc(c1OCCO3)C5)C2. The molecule has 4 heterocycles. The van der Waals surface area contributed by atoms with Gasteiger partial charge in [-0.1, -0.05) is 236 Å². The summed E-state index contributed by atoms with van der Waals surface area (Å²) in [7, 11) is 0. The van der Waals surface area contributed by atoms with Gasteiger partial charge in [-0.15, -0.1) is 0 Å². The number of fused-ring (bicyclic) bond motifs is 12. The molecule has 0 radical (unpaired) electrons. The van der Waals surface area contributed by atoms with Crippen molar-refractivity contribution in [2.75, 3.05) is 52.9 Å². The van der Waals surface area contributed by atoms with E-state index in [-0.39, 0.29) is 45.3 Å². The Morgan fingerprint density at radius 3 is 0.400 bits per heavy atom. The number of rotatable bonds is 4. The molecule has 24 bridgehead atoms. The van der Waals surface area contributed by atoms with Crippen molar-refractivity contribution in [1.29, 1.82) is 0 Å². The van der Waals surface area contributed by atoms with E-state index in [0.717, 1.165) is 135 Å². The minimum atomic E-state index is -0.223. The Morgan fingerprint density at radius 1 is 0.190 bits per heavy atom. The molecular weight excluding hydrogens is 1230 g/mol. The van der Waals surface area contributed by atoms with Crippen LogP contribution in [0.3, 0.4) is 0 Å². The van der Waals surface area contributed by atoms with Gasteiger partial charge in [0.1, 0.15) is 98.9 Å². The molecule has 8 aromatic rings. The Bertz CT molecular complexity index is 3680. The Morgan fingerprint density at radius 2 is 0.300 bits per heavy atom. The molecule has 0 N–H and O–H groups in total. The highest BCUT2D eigenvalue weighted by atomic mass is 16.5. The van der Waals surface area contributed by atoms with Crippen molar-refractivity contribution in [2.24, 2.45) is 0 Å². The summed E-state index contributed by atoms with van der Waals surface area (Å²) in [5.74, 6) is 7.89. The van der Waals surface area contributed by atoms with Crippen LogP contribution in [0.25, 0.3) is 0 Å². The van der Waals surface area contributed by atoms with Gasteiger partial charge in [0.2, 0.25) is 0 Å². The number of hydrogen-bond acceptors (Lipinski definition) is 8. The minimum Gasteiger partial charge on any atom is -0.489 e. The first kappa shape index (κ1) is 70.6. The summed E-state index contributed by atoms with van der Waals surface area (Å²) < 4.78 is 61.1. The predicted molar refractivity (Wildman–Crippen MR) is 409 cm³/mol. The number of ether oxygens (including phenoxy) is 8. The molecule has 0 atom stereocenters. The normalized spacial score (nSPS) is 15.8. The highest BCUT2D eigenvalue weighted by molar-refractivity contribution is 5.63. The van der Waals surface area contributed by atoms with Crippen LogP contribution in [-0.2, 0) is 73.0 Å². The second-order valence-electron chi connectivity index (χ2n) is 35.0. The lowest BCUT2D eigenvalue weighted by Gasteiger charge is -2.30. The largest absolute Gasteiger partial charge is 0.489 e. The fraction of sp³-hybridized carbons (Fsp3) is 0.478. The van der Waals surface area contributed by atoms with Crippen LogP contribution in [0.4, 0.5) is 0 Å². The summed E-state index contributed by atoms with van der Waals surface area (Å²) in [6.45, 7) is 48.9. The summed E-state index contributed by atoms with van der Waals surface area (Å²) in [5.41, 5.74) is 26.8. The molecule has 4 aliphatic heterocycles. The zero-order chi connectivity index (χ0) is 71.1. The average Bonchev–Trinajstić information content (AvgIpc) is 0.768. The molecule has 8 nitrogen and oxygen atoms in total. The van der Waals surface area contributed by atoms with Crippen LogP contribution in [0.15, 0.2) is 97.1 Å². The van der Waals surface area contributed by atoms with Crippen LogP contribution >= 0.6 is 0 Å². The quantitative estimate of drug-likeness (QED) is 0.173. The fourth-order valence-electron chi connectivity index (χ4n) is 15.6. The third-order valence-electron chi connectivity index (χ3n) is 21.5. The Hall–Kier alpha value is -7.84. The van der Waals surface area contributed by atoms with Gasteiger partial charge in [-0.3, -0.25) is 0 Å². The van der Waals surface area contributed by atoms with Crippen LogP contribution in [0, 0.1) is 0 Å². The van der Waals surface area contributed by atoms with Gasteiger partial charge >= 0.3 is 0 Å². The van der Waals surface area contributed by atoms with Crippen LogP contribution < -0.4 is 37.9 Å². The first-order valence-electron chi connectivity index (χ1n) is 37.6. The zero-order valence-electron chi connectivity index (χ0n) is 64.1. The fourth-order valence-corrected chi connectivity index (χ4v) is 15.6. The molecule has 0 amide bonds. The van der Waals surface area contributed by atoms with Crippen molar-refractivity contribution in [3.63, 3.8) is 0 Å². The van der Waals surface area contributed by atoms with Crippen molar-refractivity contribution >= 4 is 0 Å². The maximum absolute atomic E-state index is 7.65. The van der Waals surface area contributed by atoms with Gasteiger partial charge in [-0.25, -0.2) is 0 Å². The van der Waals surface area contributed by atoms with Crippen LogP contribution in [0.1, 0.15) is 296 Å². The third-order valence-corrected chi connectivity index (χ3v) is 21.5. The summed E-state index contributed by atoms with van der Waals surface area (Å²) in [5, 5.41) is 0. The second kappa shape index (κ2) is 27.5. The maximum atomic E-state index is 7.65. The average molecular weight is 1350 g/mol. The second-order valence-corrected chi connectivity index (χ2v) is 35.0. The molecule has 0 spiro atoms. The smallest absolute Gasteiger partial charge is 0.126 e. The third kappa shape index (κ3) is 14.8. The van der Waals surface area contributed by atoms with E-state index in [2.05, 4.69) is 236 Å². The molecule has 0 saturated carbocycles. The topological polar surface area (TPSA) is 73.8 Å². The van der Waals surface area contributed by atoms with E-state index in [1.807, 2.05) is 0 Å². The molecule has 0 unspecified atom stereocenters. The van der Waals surface area contributed by atoms with Crippen LogP contribution in [0.2, 0.25) is 0 Å². The number of benzene rings is 8. The van der Waals surface area contributed by atoms with Gasteiger partial charge < -0.3 is 37.9 Å². The maximum Gasteiger partial charge on any atom is 0.126 e. The zero-order valence-corrected chi connectivity index (χ0v) is 64.1. The van der Waals surface area contributed by atoms with Gasteiger partial charge in [0.15, 0.2) is 0 Å². The Balaban J connectivity index is 1.21. The van der Waals surface area contributed by atoms with E-state index in [0.29, 0.717) is 104 Å². The monoisotopic (exact) mass is 1340 g/mol. The summed E-state index contributed by atoms with van der Waals surface area (Å²) in [6, 6.07) is 38.7. The van der Waals surface area contributed by atoms with Crippen molar-refractivity contribution in [3.05, 3.63) is 231 Å². The van der Waals surface area contributed by atoms with Crippen molar-refractivity contribution < 1.29 is 37.9 Å². The molecule has 0 fully saturated rings. The molecule has 528 valence electrons. The molecule has 0 aromatic heterocycles. The van der Waals surface area contributed by atoms with Crippen LogP contribution in [0.5, 0.6) is 46.0 Å². The molecule has 0 saturated heterocycles. The molecule has 100 heavy (non-hydrogen) atoms. The molecule has 8 aromatic carbocycles. The van der Waals surface area contributed by atoms with E-state index < -0.39 is 0 Å². The van der Waals surface area contributed by atoms with Gasteiger partial charge in [0.05, 0.1) is 0 Å². The van der Waals surface area contributed by atoms with Crippen LogP contribution in [-0.4, -0.2) is 52.9 Å². The first-order chi connectivity index (χ1) is 47.3. The lowest BCUT2D eigenvalue weighted by molar-refractivity contribution is 0.207. The van der Waals surface area contributed by atoms with Crippen molar-refractivity contribution in [3.8, 4) is 46.0 Å². The minimum absolute atomic E-state index is 0.222. The van der Waals surface area contributed by atoms with E-state index in [1.165, 1.54) is 44.5 Å². The molecule has 14 rings (SSSR count). The first-order valence-corrected chi connectivity index (χ1v) is 37.6. The summed E-state index contributed by atoms with van der Waals surface area (Å²) in [4.78, 5) is 0. The van der Waals surface area contributed by atoms with E-state index in [9.17, 15) is 0 Å². The van der Waals surface area contributed by atoms with Crippen molar-refractivity contribution in [1.82, 2.24) is 0 Å². The molecular formula is C92H112O8. The lowest BCUT2D eigenvalue weighted by Crippen LogP contribution is -2.20. The van der Waals surface area contributed by atoms with E-state index in [1.54, 1.807) is 0 Å². The van der Waals surface area contributed by atoms with Gasteiger partial charge in [-0.2, -0.15) is 0 Å². The number of hydrogen-bond donors (Lipinski definition) is 0. The predicted octanol–water partition coefficient (Wildman–Crippen LogP) is 21.5. The summed E-state index contributed by atoms with van der Waals surface area (Å²) in [6.07, 6.45) is 4.40. The van der Waals surface area contributed by atoms with Gasteiger partial charge in [0, 0.05) is 51.4 Å². The van der Waals surface area contributed by atoms with Gasteiger partial charge in [-0.05, 0) is 179 Å². The standard InChI is InChI=1S/C92H112O8/c1-53(2)57-29-61-37-63-31-58(54(3)4)33-65-39-67-35-60(56(7)8)36-68-40-66-34-59(55(5)6)32-64-38-62(30-57)81(61)93-21-25-97-85-69-41-71-47-78(90(12,13)14)49-73(86(71)98-26-22-94-82(63)65)43-75-51-80(92(18,19)20)52-76(88(75)100-28-24-96-84(67)68)44-74-50-79(91(15,16)17)48-72(87(74)99-27-23-95-83(64)66)42-70(85)46-77(45-69)89(9,10)11/h29-36,45-56H,21-28,37-44H2,1-20H3. The van der Waals surface area contributed by atoms with Crippen molar-refractivity contribution in [2.45, 2.75) is 235 Å². The molecule has 2 aliphatic carbocycles. The highest BCUT2D eigenvalue weighted by Gasteiger charge is 2.33. The Kier molecular flexibility index (Phi) is 19.4. The van der Waals surface area contributed by atoms with Gasteiger partial charge in [0.25, 0.3) is 0 Å². The van der Waals surface area contributed by atoms with E-state index >= 15 is 0 Å². The van der Waals surface area contributed by atoms with E-state index in [4.69, 9.17) is 37.9 Å². The summed E-state index contributed by atoms with van der Waals surface area (Å²) >= 11 is 0. The lowest BCUT2D eigenvalue weighted by atomic mass is 9.79. The molecule has 8 heteroatoms.